The van der Waals surface area contributed by atoms with E-state index < -0.39 is 5.54 Å². The number of carbonyl (C=O) groups is 1. The van der Waals surface area contributed by atoms with Crippen molar-refractivity contribution in [3.05, 3.63) is 23.8 Å². The van der Waals surface area contributed by atoms with Crippen molar-refractivity contribution in [2.24, 2.45) is 4.99 Å². The van der Waals surface area contributed by atoms with Gasteiger partial charge in [0.1, 0.15) is 5.54 Å². The minimum absolute atomic E-state index is 0.137. The molecule has 1 atom stereocenters. The summed E-state index contributed by atoms with van der Waals surface area (Å²) >= 11 is 0. The molecule has 0 aromatic heterocycles. The molecule has 6 heteroatoms. The molecule has 1 amide bonds. The van der Waals surface area contributed by atoms with Crippen LogP contribution >= 0.6 is 0 Å². The van der Waals surface area contributed by atoms with E-state index in [1.165, 1.54) is 0 Å². The number of nitrogens with zero attached hydrogens (tertiary/aromatic N) is 1. The molecule has 2 N–H and O–H groups in total. The highest BCUT2D eigenvalue weighted by molar-refractivity contribution is 6.09. The van der Waals surface area contributed by atoms with Crippen molar-refractivity contribution in [2.45, 2.75) is 12.5 Å². The van der Waals surface area contributed by atoms with Gasteiger partial charge in [0.15, 0.2) is 17.5 Å². The fourth-order valence-electron chi connectivity index (χ4n) is 2.08. The van der Waals surface area contributed by atoms with Gasteiger partial charge in [-0.15, -0.1) is 0 Å². The second-order valence-corrected chi connectivity index (χ2v) is 4.34. The highest BCUT2D eigenvalue weighted by atomic mass is 16.7. The third kappa shape index (κ3) is 1.42. The van der Waals surface area contributed by atoms with Crippen LogP contribution in [0.1, 0.15) is 12.5 Å². The Morgan fingerprint density at radius 3 is 2.83 bits per heavy atom. The first-order valence-corrected chi connectivity index (χ1v) is 5.60. The summed E-state index contributed by atoms with van der Waals surface area (Å²) in [6, 6.07) is 5.46. The summed E-state index contributed by atoms with van der Waals surface area (Å²) in [6.07, 6.45) is 0. The minimum Gasteiger partial charge on any atom is -0.454 e. The van der Waals surface area contributed by atoms with E-state index in [2.05, 4.69) is 15.6 Å². The lowest BCUT2D eigenvalue weighted by molar-refractivity contribution is -0.123. The molecule has 1 unspecified atom stereocenters. The lowest BCUT2D eigenvalue weighted by Gasteiger charge is -2.21. The first-order chi connectivity index (χ1) is 8.63. The van der Waals surface area contributed by atoms with Gasteiger partial charge >= 0.3 is 0 Å². The molecule has 6 nitrogen and oxygen atoms in total. The lowest BCUT2D eigenvalue weighted by Crippen LogP contribution is -2.40. The molecule has 0 radical (unpaired) electrons. The van der Waals surface area contributed by atoms with E-state index in [4.69, 9.17) is 9.47 Å². The van der Waals surface area contributed by atoms with E-state index in [-0.39, 0.29) is 12.7 Å². The van der Waals surface area contributed by atoms with E-state index in [0.29, 0.717) is 17.5 Å². The van der Waals surface area contributed by atoms with E-state index in [1.807, 2.05) is 12.1 Å². The molecule has 1 aromatic rings. The van der Waals surface area contributed by atoms with Crippen molar-refractivity contribution in [1.82, 2.24) is 10.6 Å². The Hall–Kier alpha value is -2.24. The van der Waals surface area contributed by atoms with Crippen molar-refractivity contribution >= 4 is 11.9 Å². The molecule has 94 valence electrons. The SMILES string of the molecule is CN=C1NC(=O)C(C)(c2ccc3c(c2)OCO3)N1. The number of nitrogens with one attached hydrogen (secondary N) is 2. The molecule has 2 aliphatic heterocycles. The first kappa shape index (κ1) is 10.9. The van der Waals surface area contributed by atoms with Crippen molar-refractivity contribution in [2.75, 3.05) is 13.8 Å². The topological polar surface area (TPSA) is 72.0 Å². The van der Waals surface area contributed by atoms with Crippen molar-refractivity contribution < 1.29 is 14.3 Å². The average molecular weight is 247 g/mol. The van der Waals surface area contributed by atoms with Crippen LogP contribution in [-0.2, 0) is 10.3 Å². The maximum absolute atomic E-state index is 12.0. The number of ether oxygens (including phenoxy) is 2. The molecule has 3 rings (SSSR count). The molecular weight excluding hydrogens is 234 g/mol. The third-order valence-corrected chi connectivity index (χ3v) is 3.23. The predicted octanol–water partition coefficient (Wildman–Crippen LogP) is 0.336. The van der Waals surface area contributed by atoms with Crippen LogP contribution in [0.15, 0.2) is 23.2 Å². The van der Waals surface area contributed by atoms with Crippen LogP contribution in [0.2, 0.25) is 0 Å². The van der Waals surface area contributed by atoms with Gasteiger partial charge < -0.3 is 14.8 Å². The summed E-state index contributed by atoms with van der Waals surface area (Å²) < 4.78 is 10.6. The molecule has 18 heavy (non-hydrogen) atoms. The molecule has 2 aliphatic rings. The second-order valence-electron chi connectivity index (χ2n) is 4.34. The first-order valence-electron chi connectivity index (χ1n) is 5.60. The fraction of sp³-hybridized carbons (Fsp3) is 0.333. The highest BCUT2D eigenvalue weighted by Crippen LogP contribution is 2.36. The minimum atomic E-state index is -0.837. The highest BCUT2D eigenvalue weighted by Gasteiger charge is 2.42. The van der Waals surface area contributed by atoms with Crippen LogP contribution in [0.25, 0.3) is 0 Å². The molecule has 0 spiro atoms. The van der Waals surface area contributed by atoms with Gasteiger partial charge in [-0.2, -0.15) is 0 Å². The second kappa shape index (κ2) is 3.63. The summed E-state index contributed by atoms with van der Waals surface area (Å²) in [6.45, 7) is 2.02. The Bertz CT molecular complexity index is 555. The largest absolute Gasteiger partial charge is 0.454 e. The number of rotatable bonds is 1. The summed E-state index contributed by atoms with van der Waals surface area (Å²) in [4.78, 5) is 16.0. The molecule has 1 saturated heterocycles. The fourth-order valence-corrected chi connectivity index (χ4v) is 2.08. The zero-order valence-electron chi connectivity index (χ0n) is 10.1. The maximum Gasteiger partial charge on any atom is 0.256 e. The number of hydrogen-bond acceptors (Lipinski definition) is 4. The van der Waals surface area contributed by atoms with E-state index in [9.17, 15) is 4.79 Å². The smallest absolute Gasteiger partial charge is 0.256 e. The number of amides is 1. The van der Waals surface area contributed by atoms with Crippen LogP contribution < -0.4 is 20.1 Å². The maximum atomic E-state index is 12.0. The molecule has 0 bridgehead atoms. The van der Waals surface area contributed by atoms with Crippen LogP contribution in [-0.4, -0.2) is 25.7 Å². The number of carbonyl (C=O) groups excluding carboxylic acids is 1. The summed E-state index contributed by atoms with van der Waals surface area (Å²) in [5, 5.41) is 5.76. The zero-order chi connectivity index (χ0) is 12.8. The van der Waals surface area contributed by atoms with E-state index >= 15 is 0 Å². The zero-order valence-corrected chi connectivity index (χ0v) is 10.1. The van der Waals surface area contributed by atoms with Gasteiger partial charge in [-0.05, 0) is 24.6 Å². The van der Waals surface area contributed by atoms with Gasteiger partial charge in [0.25, 0.3) is 5.91 Å². The van der Waals surface area contributed by atoms with E-state index in [0.717, 1.165) is 5.56 Å². The van der Waals surface area contributed by atoms with Crippen LogP contribution in [0.3, 0.4) is 0 Å². The predicted molar refractivity (Wildman–Crippen MR) is 64.6 cm³/mol. The number of guanidine groups is 1. The molecule has 0 aliphatic carbocycles. The third-order valence-electron chi connectivity index (χ3n) is 3.23. The van der Waals surface area contributed by atoms with Gasteiger partial charge in [0.05, 0.1) is 0 Å². The van der Waals surface area contributed by atoms with Crippen LogP contribution in [0, 0.1) is 0 Å². The van der Waals surface area contributed by atoms with Gasteiger partial charge in [0, 0.05) is 7.05 Å². The number of fused-ring (bicyclic) bond motifs is 1. The van der Waals surface area contributed by atoms with E-state index in [1.54, 1.807) is 20.0 Å². The molecule has 1 fully saturated rings. The van der Waals surface area contributed by atoms with Crippen molar-refractivity contribution in [3.63, 3.8) is 0 Å². The Labute approximate surface area is 104 Å². The summed E-state index contributed by atoms with van der Waals surface area (Å²) in [5.41, 5.74) is -0.0292. The number of benzene rings is 1. The van der Waals surface area contributed by atoms with Crippen LogP contribution in [0.5, 0.6) is 11.5 Å². The Kier molecular flexibility index (Phi) is 2.19. The summed E-state index contributed by atoms with van der Waals surface area (Å²) in [7, 11) is 1.62. The lowest BCUT2D eigenvalue weighted by atomic mass is 9.92. The molecule has 1 aromatic carbocycles. The Morgan fingerprint density at radius 2 is 2.11 bits per heavy atom. The standard InChI is InChI=1S/C12H13N3O3/c1-12(10(16)14-11(13-2)15-12)7-3-4-8-9(5-7)18-6-17-8/h3-5H,6H2,1-2H3,(H2,13,14,15,16). The quantitative estimate of drug-likeness (QED) is 0.750. The van der Waals surface area contributed by atoms with Gasteiger partial charge in [-0.1, -0.05) is 6.07 Å². The Balaban J connectivity index is 2.02. The molecular formula is C12H13N3O3. The van der Waals surface area contributed by atoms with Crippen LogP contribution in [0.4, 0.5) is 0 Å². The molecule has 2 heterocycles. The van der Waals surface area contributed by atoms with Crippen molar-refractivity contribution in [3.8, 4) is 11.5 Å². The molecule has 0 saturated carbocycles. The van der Waals surface area contributed by atoms with Crippen molar-refractivity contribution in [1.29, 1.82) is 0 Å². The average Bonchev–Trinajstić information content (AvgIpc) is 2.94. The number of hydrogen-bond donors (Lipinski definition) is 2. The van der Waals surface area contributed by atoms with Gasteiger partial charge in [-0.3, -0.25) is 15.1 Å². The number of aliphatic imine (C=N–C) groups is 1. The van der Waals surface area contributed by atoms with Gasteiger partial charge in [0.2, 0.25) is 6.79 Å². The summed E-state index contributed by atoms with van der Waals surface area (Å²) in [5.74, 6) is 1.69. The van der Waals surface area contributed by atoms with Gasteiger partial charge in [-0.25, -0.2) is 0 Å². The normalized spacial score (nSPS) is 27.2. The Morgan fingerprint density at radius 1 is 1.33 bits per heavy atom. The monoisotopic (exact) mass is 247 g/mol.